The predicted octanol–water partition coefficient (Wildman–Crippen LogP) is 4.21. The van der Waals surface area contributed by atoms with Gasteiger partial charge in [0.1, 0.15) is 11.6 Å². The third-order valence-corrected chi connectivity index (χ3v) is 5.30. The maximum absolute atomic E-state index is 12.1. The van der Waals surface area contributed by atoms with Crippen molar-refractivity contribution in [3.8, 4) is 23.0 Å². The Morgan fingerprint density at radius 1 is 0.967 bits per heavy atom. The molecule has 0 bridgehead atoms. The van der Waals surface area contributed by atoms with E-state index in [1.54, 1.807) is 0 Å². The number of fused-ring (bicyclic) bond motifs is 3. The lowest BCUT2D eigenvalue weighted by Crippen LogP contribution is -2.26. The van der Waals surface area contributed by atoms with E-state index in [0.717, 1.165) is 11.1 Å². The van der Waals surface area contributed by atoms with E-state index >= 15 is 0 Å². The number of nitrogens with two attached hydrogens (primary N) is 1. The summed E-state index contributed by atoms with van der Waals surface area (Å²) in [4.78, 5) is 12.5. The first-order valence-electron chi connectivity index (χ1n) is 9.61. The number of amides is 1. The van der Waals surface area contributed by atoms with Crippen LogP contribution in [0.3, 0.4) is 0 Å². The normalized spacial score (nSPS) is 11.6. The monoisotopic (exact) mass is 412 g/mol. The number of benzene rings is 3. The van der Waals surface area contributed by atoms with Gasteiger partial charge in [0, 0.05) is 17.0 Å². The van der Waals surface area contributed by atoms with E-state index in [-0.39, 0.29) is 19.1 Å². The second-order valence-electron chi connectivity index (χ2n) is 6.92. The first-order valence-corrected chi connectivity index (χ1v) is 10.0. The minimum atomic E-state index is -0.477. The maximum atomic E-state index is 12.1. The van der Waals surface area contributed by atoms with E-state index in [1.807, 2.05) is 48.5 Å². The van der Waals surface area contributed by atoms with Crippen molar-refractivity contribution in [1.29, 1.82) is 0 Å². The van der Waals surface area contributed by atoms with Crippen molar-refractivity contribution in [2.75, 3.05) is 13.2 Å². The van der Waals surface area contributed by atoms with E-state index in [1.165, 1.54) is 22.3 Å². The Kier molecular flexibility index (Phi) is 5.78. The summed E-state index contributed by atoms with van der Waals surface area (Å²) in [5.41, 5.74) is 12.0. The van der Waals surface area contributed by atoms with E-state index in [0.29, 0.717) is 4.99 Å². The smallest absolute Gasteiger partial charge is 0.407 e. The van der Waals surface area contributed by atoms with Gasteiger partial charge in [0.2, 0.25) is 0 Å². The van der Waals surface area contributed by atoms with E-state index in [9.17, 15) is 4.79 Å². The van der Waals surface area contributed by atoms with Crippen LogP contribution in [0.25, 0.3) is 11.1 Å². The van der Waals surface area contributed by atoms with Crippen molar-refractivity contribution >= 4 is 23.3 Å². The summed E-state index contributed by atoms with van der Waals surface area (Å²) >= 11 is 4.93. The summed E-state index contributed by atoms with van der Waals surface area (Å²) in [5, 5.41) is 2.68. The van der Waals surface area contributed by atoms with E-state index < -0.39 is 6.09 Å². The number of nitrogens with one attached hydrogen (secondary N) is 1. The average Bonchev–Trinajstić information content (AvgIpc) is 3.09. The zero-order chi connectivity index (χ0) is 20.9. The highest BCUT2D eigenvalue weighted by molar-refractivity contribution is 7.80. The lowest BCUT2D eigenvalue weighted by atomic mass is 9.98. The highest BCUT2D eigenvalue weighted by atomic mass is 32.1. The van der Waals surface area contributed by atoms with Gasteiger partial charge in [-0.2, -0.15) is 0 Å². The number of thiocarbonyl (C=S) groups is 1. The molecule has 1 aliphatic carbocycles. The number of hydrogen-bond acceptors (Lipinski definition) is 3. The van der Waals surface area contributed by atoms with Gasteiger partial charge < -0.3 is 15.8 Å². The molecule has 0 fully saturated rings. The molecule has 0 saturated carbocycles. The molecule has 0 aromatic heterocycles. The first kappa shape index (κ1) is 19.7. The zero-order valence-electron chi connectivity index (χ0n) is 16.2. The van der Waals surface area contributed by atoms with Crippen molar-refractivity contribution in [3.63, 3.8) is 0 Å². The van der Waals surface area contributed by atoms with Crippen LogP contribution in [0.15, 0.2) is 72.8 Å². The summed E-state index contributed by atoms with van der Waals surface area (Å²) < 4.78 is 5.49. The van der Waals surface area contributed by atoms with Gasteiger partial charge in [-0.25, -0.2) is 4.79 Å². The molecule has 0 saturated heterocycles. The largest absolute Gasteiger partial charge is 0.449 e. The molecule has 4 nitrogen and oxygen atoms in total. The van der Waals surface area contributed by atoms with E-state index in [4.69, 9.17) is 22.7 Å². The Bertz CT molecular complexity index is 1110. The Balaban J connectivity index is 1.32. The maximum Gasteiger partial charge on any atom is 0.407 e. The number of carbonyl (C=O) groups excluding carboxylic acids is 1. The fraction of sp³-hybridized carbons (Fsp3) is 0.120. The van der Waals surface area contributed by atoms with Crippen molar-refractivity contribution in [1.82, 2.24) is 5.32 Å². The van der Waals surface area contributed by atoms with Gasteiger partial charge in [-0.1, -0.05) is 84.7 Å². The van der Waals surface area contributed by atoms with Crippen molar-refractivity contribution in [3.05, 3.63) is 95.1 Å². The molecule has 0 heterocycles. The second kappa shape index (κ2) is 8.81. The van der Waals surface area contributed by atoms with Gasteiger partial charge in [-0.3, -0.25) is 0 Å². The molecule has 148 valence electrons. The summed E-state index contributed by atoms with van der Waals surface area (Å²) in [5.74, 6) is 5.94. The summed E-state index contributed by atoms with van der Waals surface area (Å²) in [6, 6.07) is 23.8. The van der Waals surface area contributed by atoms with Crippen LogP contribution >= 0.6 is 12.2 Å². The lowest BCUT2D eigenvalue weighted by molar-refractivity contribution is 0.144. The minimum Gasteiger partial charge on any atom is -0.449 e. The molecule has 0 radical (unpaired) electrons. The van der Waals surface area contributed by atoms with Gasteiger partial charge in [0.15, 0.2) is 0 Å². The fourth-order valence-corrected chi connectivity index (χ4v) is 3.77. The number of alkyl carbamates (subject to hydrolysis) is 1. The number of ether oxygens (including phenoxy) is 1. The van der Waals surface area contributed by atoms with Crippen LogP contribution in [0.4, 0.5) is 4.79 Å². The molecule has 1 aliphatic rings. The van der Waals surface area contributed by atoms with Crippen molar-refractivity contribution < 1.29 is 9.53 Å². The molecule has 3 aromatic carbocycles. The average molecular weight is 413 g/mol. The molecule has 0 aliphatic heterocycles. The van der Waals surface area contributed by atoms with Gasteiger partial charge in [0.05, 0.1) is 6.54 Å². The van der Waals surface area contributed by atoms with Crippen LogP contribution in [0.2, 0.25) is 0 Å². The van der Waals surface area contributed by atoms with Gasteiger partial charge in [0.25, 0.3) is 0 Å². The molecule has 4 rings (SSSR count). The molecule has 5 heteroatoms. The summed E-state index contributed by atoms with van der Waals surface area (Å²) in [7, 11) is 0. The molecule has 1 amide bonds. The van der Waals surface area contributed by atoms with Crippen LogP contribution < -0.4 is 11.1 Å². The standard InChI is InChI=1S/C25H20N2O2S/c26-24(30)18-13-11-17(12-14-18)6-5-15-27-25(28)29-16-23-21-9-3-1-7-19(21)20-8-2-4-10-22(20)23/h1-4,7-14,23H,15-16H2,(H2,26,30)(H,27,28). The number of rotatable bonds is 4. The summed E-state index contributed by atoms with van der Waals surface area (Å²) in [6.45, 7) is 0.488. The molecule has 3 N–H and O–H groups in total. The SMILES string of the molecule is NC(=S)c1ccc(C#CCNC(=O)OCC2c3ccccc3-c3ccccc32)cc1. The van der Waals surface area contributed by atoms with Crippen LogP contribution in [0.5, 0.6) is 0 Å². The molecular formula is C25H20N2O2S. The second-order valence-corrected chi connectivity index (χ2v) is 7.36. The summed E-state index contributed by atoms with van der Waals surface area (Å²) in [6.07, 6.45) is -0.477. The van der Waals surface area contributed by atoms with Crippen LogP contribution in [-0.2, 0) is 4.74 Å². The fourth-order valence-electron chi connectivity index (χ4n) is 3.63. The van der Waals surface area contributed by atoms with Crippen LogP contribution in [-0.4, -0.2) is 24.2 Å². The van der Waals surface area contributed by atoms with Crippen molar-refractivity contribution in [2.24, 2.45) is 5.73 Å². The third-order valence-electron chi connectivity index (χ3n) is 5.07. The zero-order valence-corrected chi connectivity index (χ0v) is 17.0. The Morgan fingerprint density at radius 3 is 2.17 bits per heavy atom. The molecule has 0 spiro atoms. The highest BCUT2D eigenvalue weighted by Crippen LogP contribution is 2.44. The molecule has 0 atom stereocenters. The third kappa shape index (κ3) is 4.19. The Hall–Kier alpha value is -3.62. The van der Waals surface area contributed by atoms with Gasteiger partial charge in [-0.15, -0.1) is 0 Å². The highest BCUT2D eigenvalue weighted by Gasteiger charge is 2.28. The minimum absolute atomic E-state index is 0.0429. The Morgan fingerprint density at radius 2 is 1.57 bits per heavy atom. The molecule has 0 unspecified atom stereocenters. The van der Waals surface area contributed by atoms with Crippen molar-refractivity contribution in [2.45, 2.75) is 5.92 Å². The number of hydrogen-bond donors (Lipinski definition) is 2. The lowest BCUT2D eigenvalue weighted by Gasteiger charge is -2.14. The number of carbonyl (C=O) groups is 1. The molecular weight excluding hydrogens is 392 g/mol. The predicted molar refractivity (Wildman–Crippen MR) is 122 cm³/mol. The van der Waals surface area contributed by atoms with E-state index in [2.05, 4.69) is 41.4 Å². The van der Waals surface area contributed by atoms with Crippen LogP contribution in [0, 0.1) is 11.8 Å². The molecule has 3 aromatic rings. The first-order chi connectivity index (χ1) is 14.6. The quantitative estimate of drug-likeness (QED) is 0.498. The topological polar surface area (TPSA) is 64.3 Å². The Labute approximate surface area is 181 Å². The van der Waals surface area contributed by atoms with Gasteiger partial charge >= 0.3 is 6.09 Å². The molecule has 30 heavy (non-hydrogen) atoms. The van der Waals surface area contributed by atoms with Gasteiger partial charge in [-0.05, 0) is 34.4 Å². The van der Waals surface area contributed by atoms with Crippen LogP contribution in [0.1, 0.15) is 28.2 Å².